The maximum Gasteiger partial charge on any atom is 0.0249 e. The summed E-state index contributed by atoms with van der Waals surface area (Å²) in [4.78, 5) is 5.48. The highest BCUT2D eigenvalue weighted by atomic mass is 15.3. The van der Waals surface area contributed by atoms with Crippen LogP contribution in [0.3, 0.4) is 0 Å². The second-order valence-corrected chi connectivity index (χ2v) is 6.58. The molecule has 3 nitrogen and oxygen atoms in total. The van der Waals surface area contributed by atoms with Crippen LogP contribution < -0.4 is 5.32 Å². The quantitative estimate of drug-likeness (QED) is 0.806. The van der Waals surface area contributed by atoms with E-state index in [2.05, 4.69) is 29.2 Å². The molecule has 1 saturated carbocycles. The van der Waals surface area contributed by atoms with Crippen LogP contribution in [0.25, 0.3) is 0 Å². The third kappa shape index (κ3) is 2.33. The molecule has 0 spiro atoms. The Morgan fingerprint density at radius 2 is 1.72 bits per heavy atom. The summed E-state index contributed by atoms with van der Waals surface area (Å²) in [7, 11) is 4.50. The molecule has 0 aromatic rings. The van der Waals surface area contributed by atoms with Gasteiger partial charge in [0.05, 0.1) is 0 Å². The molecule has 2 heterocycles. The fourth-order valence-corrected chi connectivity index (χ4v) is 4.52. The largest absolute Gasteiger partial charge is 0.315 e. The molecule has 104 valence electrons. The van der Waals surface area contributed by atoms with Crippen molar-refractivity contribution in [1.82, 2.24) is 15.1 Å². The molecule has 2 saturated heterocycles. The molecular formula is C15H29N3. The molecule has 3 fully saturated rings. The average Bonchev–Trinajstić information content (AvgIpc) is 2.63. The van der Waals surface area contributed by atoms with Gasteiger partial charge >= 0.3 is 0 Å². The highest BCUT2D eigenvalue weighted by Crippen LogP contribution is 2.32. The van der Waals surface area contributed by atoms with Crippen molar-refractivity contribution in [3.63, 3.8) is 0 Å². The van der Waals surface area contributed by atoms with E-state index in [1.54, 1.807) is 0 Å². The number of fused-ring (bicyclic) bond motifs is 2. The Hall–Kier alpha value is -0.120. The zero-order chi connectivity index (χ0) is 12.5. The summed E-state index contributed by atoms with van der Waals surface area (Å²) in [6.07, 6.45) is 9.89. The number of nitrogens with one attached hydrogen (secondary N) is 1. The lowest BCUT2D eigenvalue weighted by Crippen LogP contribution is -2.53. The lowest BCUT2D eigenvalue weighted by atomic mass is 9.88. The van der Waals surface area contributed by atoms with Gasteiger partial charge in [-0.1, -0.05) is 12.8 Å². The molecule has 2 bridgehead atoms. The lowest BCUT2D eigenvalue weighted by Gasteiger charge is -2.40. The van der Waals surface area contributed by atoms with Gasteiger partial charge in [0.2, 0.25) is 0 Å². The SMILES string of the molecule is CNC1CCCCC1N1CCC2CCC(C1)N2C. The van der Waals surface area contributed by atoms with E-state index in [1.165, 1.54) is 58.0 Å². The molecule has 4 atom stereocenters. The van der Waals surface area contributed by atoms with Gasteiger partial charge in [-0.15, -0.1) is 0 Å². The lowest BCUT2D eigenvalue weighted by molar-refractivity contribution is 0.113. The van der Waals surface area contributed by atoms with Crippen molar-refractivity contribution in [1.29, 1.82) is 0 Å². The first kappa shape index (κ1) is 12.9. The van der Waals surface area contributed by atoms with Gasteiger partial charge in [0.1, 0.15) is 0 Å². The summed E-state index contributed by atoms with van der Waals surface area (Å²) in [6.45, 7) is 2.64. The smallest absolute Gasteiger partial charge is 0.0249 e. The number of hydrogen-bond acceptors (Lipinski definition) is 3. The fourth-order valence-electron chi connectivity index (χ4n) is 4.52. The van der Waals surface area contributed by atoms with E-state index in [0.717, 1.165) is 24.2 Å². The van der Waals surface area contributed by atoms with Crippen LogP contribution in [-0.2, 0) is 0 Å². The maximum atomic E-state index is 3.57. The van der Waals surface area contributed by atoms with E-state index in [-0.39, 0.29) is 0 Å². The van der Waals surface area contributed by atoms with Crippen LogP contribution in [0, 0.1) is 0 Å². The van der Waals surface area contributed by atoms with Crippen molar-refractivity contribution in [3.05, 3.63) is 0 Å². The first-order valence-electron chi connectivity index (χ1n) is 7.93. The van der Waals surface area contributed by atoms with Gasteiger partial charge in [0, 0.05) is 37.3 Å². The number of rotatable bonds is 2. The van der Waals surface area contributed by atoms with Gasteiger partial charge < -0.3 is 5.32 Å². The van der Waals surface area contributed by atoms with Crippen LogP contribution in [0.2, 0.25) is 0 Å². The molecule has 4 unspecified atom stereocenters. The highest BCUT2D eigenvalue weighted by Gasteiger charge is 2.38. The fraction of sp³-hybridized carbons (Fsp3) is 1.00. The third-order valence-electron chi connectivity index (χ3n) is 5.75. The van der Waals surface area contributed by atoms with E-state index >= 15 is 0 Å². The Labute approximate surface area is 112 Å². The van der Waals surface area contributed by atoms with Gasteiger partial charge in [-0.05, 0) is 46.2 Å². The van der Waals surface area contributed by atoms with E-state index in [0.29, 0.717) is 0 Å². The second-order valence-electron chi connectivity index (χ2n) is 6.58. The summed E-state index contributed by atoms with van der Waals surface area (Å²) >= 11 is 0. The van der Waals surface area contributed by atoms with Gasteiger partial charge in [-0.3, -0.25) is 9.80 Å². The van der Waals surface area contributed by atoms with Gasteiger partial charge in [0.25, 0.3) is 0 Å². The zero-order valence-corrected chi connectivity index (χ0v) is 12.1. The van der Waals surface area contributed by atoms with E-state index in [9.17, 15) is 0 Å². The molecule has 3 aliphatic rings. The molecule has 1 aliphatic carbocycles. The summed E-state index contributed by atoms with van der Waals surface area (Å²) < 4.78 is 0. The molecule has 2 aliphatic heterocycles. The van der Waals surface area contributed by atoms with Crippen LogP contribution in [0.4, 0.5) is 0 Å². The minimum atomic E-state index is 0.737. The van der Waals surface area contributed by atoms with Crippen molar-refractivity contribution >= 4 is 0 Å². The third-order valence-corrected chi connectivity index (χ3v) is 5.75. The Morgan fingerprint density at radius 3 is 2.56 bits per heavy atom. The molecule has 18 heavy (non-hydrogen) atoms. The Balaban J connectivity index is 1.68. The first-order valence-corrected chi connectivity index (χ1v) is 7.93. The normalized spacial score (nSPS) is 43.0. The van der Waals surface area contributed by atoms with Crippen molar-refractivity contribution < 1.29 is 0 Å². The van der Waals surface area contributed by atoms with Gasteiger partial charge in [-0.25, -0.2) is 0 Å². The van der Waals surface area contributed by atoms with Gasteiger partial charge in [-0.2, -0.15) is 0 Å². The Kier molecular flexibility index (Phi) is 3.92. The van der Waals surface area contributed by atoms with Crippen LogP contribution in [0.15, 0.2) is 0 Å². The van der Waals surface area contributed by atoms with Crippen LogP contribution in [0.5, 0.6) is 0 Å². The topological polar surface area (TPSA) is 18.5 Å². The predicted molar refractivity (Wildman–Crippen MR) is 75.9 cm³/mol. The second kappa shape index (κ2) is 5.48. The monoisotopic (exact) mass is 251 g/mol. The molecule has 0 aromatic heterocycles. The maximum absolute atomic E-state index is 3.57. The van der Waals surface area contributed by atoms with Crippen molar-refractivity contribution in [2.45, 2.75) is 69.1 Å². The predicted octanol–water partition coefficient (Wildman–Crippen LogP) is 1.69. The zero-order valence-electron chi connectivity index (χ0n) is 12.1. The van der Waals surface area contributed by atoms with E-state index < -0.39 is 0 Å². The molecule has 0 aromatic carbocycles. The minimum absolute atomic E-state index is 0.737. The summed E-state index contributed by atoms with van der Waals surface area (Å²) in [5, 5.41) is 3.57. The number of nitrogens with zero attached hydrogens (tertiary/aromatic N) is 2. The number of likely N-dealkylation sites (N-methyl/N-ethyl adjacent to an activating group) is 2. The standard InChI is InChI=1S/C15H29N3/c1-16-14-5-3-4-6-15(14)18-10-9-12-7-8-13(11-18)17(12)2/h12-16H,3-11H2,1-2H3. The van der Waals surface area contributed by atoms with Crippen LogP contribution >= 0.6 is 0 Å². The Bertz CT molecular complexity index is 281. The van der Waals surface area contributed by atoms with Crippen LogP contribution in [-0.4, -0.2) is 61.2 Å². The average molecular weight is 251 g/mol. The molecule has 3 heteroatoms. The molecular weight excluding hydrogens is 222 g/mol. The Morgan fingerprint density at radius 1 is 0.944 bits per heavy atom. The summed E-state index contributed by atoms with van der Waals surface area (Å²) in [6, 6.07) is 3.24. The van der Waals surface area contributed by atoms with Crippen LogP contribution in [0.1, 0.15) is 44.9 Å². The number of hydrogen-bond donors (Lipinski definition) is 1. The van der Waals surface area contributed by atoms with Crippen molar-refractivity contribution in [2.75, 3.05) is 27.2 Å². The molecule has 0 amide bonds. The van der Waals surface area contributed by atoms with E-state index in [1.807, 2.05) is 0 Å². The van der Waals surface area contributed by atoms with Crippen molar-refractivity contribution in [3.8, 4) is 0 Å². The highest BCUT2D eigenvalue weighted by molar-refractivity contribution is 4.95. The van der Waals surface area contributed by atoms with E-state index in [4.69, 9.17) is 0 Å². The number of likely N-dealkylation sites (tertiary alicyclic amines) is 1. The minimum Gasteiger partial charge on any atom is -0.315 e. The van der Waals surface area contributed by atoms with Gasteiger partial charge in [0.15, 0.2) is 0 Å². The van der Waals surface area contributed by atoms with Crippen molar-refractivity contribution in [2.24, 2.45) is 0 Å². The molecule has 3 rings (SSSR count). The summed E-state index contributed by atoms with van der Waals surface area (Å²) in [5.74, 6) is 0. The molecule has 0 radical (unpaired) electrons. The first-order chi connectivity index (χ1) is 8.79. The summed E-state index contributed by atoms with van der Waals surface area (Å²) in [5.41, 5.74) is 0. The molecule has 1 N–H and O–H groups in total.